The van der Waals surface area contributed by atoms with Gasteiger partial charge in [0.15, 0.2) is 0 Å². The highest BCUT2D eigenvalue weighted by Crippen LogP contribution is 2.41. The molecule has 1 aromatic rings. The van der Waals surface area contributed by atoms with Gasteiger partial charge in [-0.25, -0.2) is 0 Å². The van der Waals surface area contributed by atoms with Crippen LogP contribution in [0.15, 0.2) is 24.3 Å². The number of benzene rings is 1. The summed E-state index contributed by atoms with van der Waals surface area (Å²) in [6.45, 7) is 6.94. The van der Waals surface area contributed by atoms with Crippen molar-refractivity contribution in [1.82, 2.24) is 0 Å². The SMILES string of the molecule is CCC(CC)C1CC(C)Nc2ccccc21. The fraction of sp³-hybridized carbons (Fsp3) is 0.600. The molecule has 1 aliphatic heterocycles. The molecule has 0 bridgehead atoms. The topological polar surface area (TPSA) is 12.0 Å². The number of hydrogen-bond acceptors (Lipinski definition) is 1. The van der Waals surface area contributed by atoms with Gasteiger partial charge in [0, 0.05) is 11.7 Å². The first-order valence-electron chi connectivity index (χ1n) is 6.61. The highest BCUT2D eigenvalue weighted by Gasteiger charge is 2.28. The van der Waals surface area contributed by atoms with Gasteiger partial charge in [0.25, 0.3) is 0 Å². The van der Waals surface area contributed by atoms with Crippen molar-refractivity contribution in [2.24, 2.45) is 5.92 Å². The zero-order chi connectivity index (χ0) is 11.5. The molecule has 2 unspecified atom stereocenters. The predicted octanol–water partition coefficient (Wildman–Crippen LogP) is 4.41. The minimum atomic E-state index is 0.612. The Kier molecular flexibility index (Phi) is 3.52. The molecule has 1 N–H and O–H groups in total. The van der Waals surface area contributed by atoms with Gasteiger partial charge in [0.05, 0.1) is 0 Å². The van der Waals surface area contributed by atoms with Crippen LogP contribution in [0.1, 0.15) is 51.5 Å². The maximum atomic E-state index is 3.59. The molecule has 16 heavy (non-hydrogen) atoms. The standard InChI is InChI=1S/C15H23N/c1-4-12(5-2)14-10-11(3)16-15-9-7-6-8-13(14)15/h6-9,11-12,14,16H,4-5,10H2,1-3H3. The van der Waals surface area contributed by atoms with Crippen molar-refractivity contribution < 1.29 is 0 Å². The fourth-order valence-corrected chi connectivity index (χ4v) is 3.09. The summed E-state index contributed by atoms with van der Waals surface area (Å²) in [6.07, 6.45) is 3.87. The second-order valence-corrected chi connectivity index (χ2v) is 5.05. The van der Waals surface area contributed by atoms with Crippen LogP contribution >= 0.6 is 0 Å². The van der Waals surface area contributed by atoms with Crippen LogP contribution in [0, 0.1) is 5.92 Å². The molecule has 0 fully saturated rings. The highest BCUT2D eigenvalue weighted by molar-refractivity contribution is 5.55. The fourth-order valence-electron chi connectivity index (χ4n) is 3.09. The summed E-state index contributed by atoms with van der Waals surface area (Å²) in [5, 5.41) is 3.59. The molecule has 0 aliphatic carbocycles. The summed E-state index contributed by atoms with van der Waals surface area (Å²) in [7, 11) is 0. The van der Waals surface area contributed by atoms with E-state index in [1.807, 2.05) is 0 Å². The van der Waals surface area contributed by atoms with Crippen molar-refractivity contribution in [2.75, 3.05) is 5.32 Å². The van der Waals surface area contributed by atoms with E-state index in [1.165, 1.54) is 30.5 Å². The summed E-state index contributed by atoms with van der Waals surface area (Å²) in [5.41, 5.74) is 2.90. The first-order chi connectivity index (χ1) is 7.76. The number of nitrogens with one attached hydrogen (secondary N) is 1. The van der Waals surface area contributed by atoms with Gasteiger partial charge in [-0.2, -0.15) is 0 Å². The predicted molar refractivity (Wildman–Crippen MR) is 71.0 cm³/mol. The molecule has 0 radical (unpaired) electrons. The van der Waals surface area contributed by atoms with Crippen molar-refractivity contribution in [2.45, 2.75) is 52.0 Å². The van der Waals surface area contributed by atoms with E-state index in [4.69, 9.17) is 0 Å². The molecule has 0 spiro atoms. The summed E-state index contributed by atoms with van der Waals surface area (Å²) in [6, 6.07) is 9.44. The van der Waals surface area contributed by atoms with Crippen LogP contribution in [-0.4, -0.2) is 6.04 Å². The smallest absolute Gasteiger partial charge is 0.0377 e. The number of anilines is 1. The van der Waals surface area contributed by atoms with E-state index in [0.717, 1.165) is 11.8 Å². The molecule has 1 aliphatic rings. The number of fused-ring (bicyclic) bond motifs is 1. The van der Waals surface area contributed by atoms with E-state index in [9.17, 15) is 0 Å². The van der Waals surface area contributed by atoms with Crippen molar-refractivity contribution in [3.8, 4) is 0 Å². The molecule has 0 aromatic heterocycles. The van der Waals surface area contributed by atoms with E-state index >= 15 is 0 Å². The van der Waals surface area contributed by atoms with E-state index in [-0.39, 0.29) is 0 Å². The summed E-state index contributed by atoms with van der Waals surface area (Å²) in [5.74, 6) is 1.59. The Balaban J connectivity index is 2.32. The average Bonchev–Trinajstić information content (AvgIpc) is 2.30. The Hall–Kier alpha value is -0.980. The zero-order valence-corrected chi connectivity index (χ0v) is 10.7. The van der Waals surface area contributed by atoms with Crippen molar-refractivity contribution >= 4 is 5.69 Å². The molecule has 1 nitrogen and oxygen atoms in total. The third-order valence-corrected chi connectivity index (χ3v) is 3.99. The van der Waals surface area contributed by atoms with Crippen LogP contribution in [0.3, 0.4) is 0 Å². The first kappa shape index (κ1) is 11.5. The summed E-state index contributed by atoms with van der Waals surface area (Å²) in [4.78, 5) is 0. The van der Waals surface area contributed by atoms with Gasteiger partial charge in [-0.05, 0) is 36.8 Å². The molecule has 1 aromatic carbocycles. The lowest BCUT2D eigenvalue weighted by molar-refractivity contribution is 0.360. The lowest BCUT2D eigenvalue weighted by Gasteiger charge is -2.35. The summed E-state index contributed by atoms with van der Waals surface area (Å²) < 4.78 is 0. The monoisotopic (exact) mass is 217 g/mol. The second kappa shape index (κ2) is 4.90. The van der Waals surface area contributed by atoms with Gasteiger partial charge in [0.2, 0.25) is 0 Å². The van der Waals surface area contributed by atoms with Gasteiger partial charge < -0.3 is 5.32 Å². The Bertz CT molecular complexity index is 341. The van der Waals surface area contributed by atoms with Crippen LogP contribution in [0.2, 0.25) is 0 Å². The van der Waals surface area contributed by atoms with Gasteiger partial charge >= 0.3 is 0 Å². The molecular weight excluding hydrogens is 194 g/mol. The Morgan fingerprint density at radius 3 is 2.62 bits per heavy atom. The third-order valence-electron chi connectivity index (χ3n) is 3.99. The molecule has 1 heteroatoms. The van der Waals surface area contributed by atoms with Gasteiger partial charge in [-0.15, -0.1) is 0 Å². The minimum absolute atomic E-state index is 0.612. The molecule has 0 saturated carbocycles. The Morgan fingerprint density at radius 1 is 1.25 bits per heavy atom. The Labute approximate surface area is 99.3 Å². The van der Waals surface area contributed by atoms with Crippen molar-refractivity contribution in [1.29, 1.82) is 0 Å². The van der Waals surface area contributed by atoms with Crippen LogP contribution in [0.4, 0.5) is 5.69 Å². The normalized spacial score (nSPS) is 24.0. The molecule has 88 valence electrons. The molecule has 2 atom stereocenters. The largest absolute Gasteiger partial charge is 0.382 e. The molecule has 0 saturated heterocycles. The lowest BCUT2D eigenvalue weighted by Crippen LogP contribution is -2.28. The number of rotatable bonds is 3. The maximum absolute atomic E-state index is 3.59. The van der Waals surface area contributed by atoms with Crippen LogP contribution < -0.4 is 5.32 Å². The average molecular weight is 217 g/mol. The van der Waals surface area contributed by atoms with Crippen molar-refractivity contribution in [3.63, 3.8) is 0 Å². The van der Waals surface area contributed by atoms with Crippen molar-refractivity contribution in [3.05, 3.63) is 29.8 Å². The van der Waals surface area contributed by atoms with Crippen LogP contribution in [0.5, 0.6) is 0 Å². The quantitative estimate of drug-likeness (QED) is 0.790. The van der Waals surface area contributed by atoms with E-state index in [1.54, 1.807) is 0 Å². The van der Waals surface area contributed by atoms with E-state index in [2.05, 4.69) is 50.4 Å². The Morgan fingerprint density at radius 2 is 1.94 bits per heavy atom. The first-order valence-corrected chi connectivity index (χ1v) is 6.61. The third kappa shape index (κ3) is 2.09. The second-order valence-electron chi connectivity index (χ2n) is 5.05. The van der Waals surface area contributed by atoms with Crippen LogP contribution in [-0.2, 0) is 0 Å². The molecule has 0 amide bonds. The van der Waals surface area contributed by atoms with Gasteiger partial charge in [-0.1, -0.05) is 44.9 Å². The number of para-hydroxylation sites is 1. The molecular formula is C15H23N. The summed E-state index contributed by atoms with van der Waals surface area (Å²) >= 11 is 0. The number of hydrogen-bond donors (Lipinski definition) is 1. The minimum Gasteiger partial charge on any atom is -0.382 e. The highest BCUT2D eigenvalue weighted by atomic mass is 14.9. The zero-order valence-electron chi connectivity index (χ0n) is 10.7. The van der Waals surface area contributed by atoms with Gasteiger partial charge in [0.1, 0.15) is 0 Å². The van der Waals surface area contributed by atoms with E-state index < -0.39 is 0 Å². The maximum Gasteiger partial charge on any atom is 0.0377 e. The van der Waals surface area contributed by atoms with Gasteiger partial charge in [-0.3, -0.25) is 0 Å². The molecule has 1 heterocycles. The van der Waals surface area contributed by atoms with E-state index in [0.29, 0.717) is 6.04 Å². The van der Waals surface area contributed by atoms with Crippen LogP contribution in [0.25, 0.3) is 0 Å². The lowest BCUT2D eigenvalue weighted by atomic mass is 9.76. The molecule has 2 rings (SSSR count).